The summed E-state index contributed by atoms with van der Waals surface area (Å²) in [6, 6.07) is 12.4. The average Bonchev–Trinajstić information content (AvgIpc) is 2.85. The fourth-order valence-corrected chi connectivity index (χ4v) is 2.69. The van der Waals surface area contributed by atoms with E-state index in [0.717, 1.165) is 24.2 Å². The van der Waals surface area contributed by atoms with Crippen molar-refractivity contribution < 1.29 is 0 Å². The maximum atomic E-state index is 9.17. The Hall–Kier alpha value is -2.56. The number of likely N-dealkylation sites (tertiary alicyclic amines) is 1. The summed E-state index contributed by atoms with van der Waals surface area (Å²) in [5, 5.41) is 18.3. The van der Waals surface area contributed by atoms with E-state index in [2.05, 4.69) is 24.0 Å². The molecule has 4 nitrogen and oxygen atoms in total. The molecular formula is C18H20N4. The van der Waals surface area contributed by atoms with E-state index in [1.807, 2.05) is 49.5 Å². The molecule has 1 fully saturated rings. The number of allylic oxidation sites excluding steroid dienone is 1. The SMILES string of the molecule is Cc1ccccc1CN1CC(=CN(C)C)C(=C(C#N)C#N)C1. The third kappa shape index (κ3) is 3.55. The Bertz CT molecular complexity index is 683. The highest BCUT2D eigenvalue weighted by Crippen LogP contribution is 2.27. The van der Waals surface area contributed by atoms with Gasteiger partial charge in [0.05, 0.1) is 0 Å². The van der Waals surface area contributed by atoms with Crippen LogP contribution in [0.2, 0.25) is 0 Å². The third-order valence-corrected chi connectivity index (χ3v) is 3.76. The first-order chi connectivity index (χ1) is 10.5. The monoisotopic (exact) mass is 292 g/mol. The molecule has 112 valence electrons. The van der Waals surface area contributed by atoms with Gasteiger partial charge in [0.15, 0.2) is 0 Å². The average molecular weight is 292 g/mol. The fourth-order valence-electron chi connectivity index (χ4n) is 2.69. The van der Waals surface area contributed by atoms with E-state index < -0.39 is 0 Å². The van der Waals surface area contributed by atoms with Crippen LogP contribution >= 0.6 is 0 Å². The van der Waals surface area contributed by atoms with Crippen LogP contribution in [0.4, 0.5) is 0 Å². The molecule has 0 atom stereocenters. The zero-order chi connectivity index (χ0) is 16.1. The molecule has 0 aliphatic carbocycles. The second kappa shape index (κ2) is 6.93. The number of rotatable bonds is 3. The molecule has 1 aromatic carbocycles. The molecule has 0 spiro atoms. The molecule has 0 N–H and O–H groups in total. The minimum atomic E-state index is 0.223. The van der Waals surface area contributed by atoms with Crippen molar-refractivity contribution in [2.75, 3.05) is 27.2 Å². The van der Waals surface area contributed by atoms with Gasteiger partial charge in [-0.05, 0) is 23.6 Å². The van der Waals surface area contributed by atoms with Crippen LogP contribution in [-0.4, -0.2) is 37.0 Å². The summed E-state index contributed by atoms with van der Waals surface area (Å²) in [7, 11) is 3.90. The van der Waals surface area contributed by atoms with Gasteiger partial charge in [0, 0.05) is 45.5 Å². The standard InChI is InChI=1S/C18H20N4/c1-14-6-4-5-7-15(14)11-22-12-17(10-21(2)3)18(13-22)16(8-19)9-20/h4-7,10H,11-13H2,1-3H3. The van der Waals surface area contributed by atoms with Crippen LogP contribution in [0.25, 0.3) is 0 Å². The van der Waals surface area contributed by atoms with Crippen LogP contribution in [0.15, 0.2) is 47.2 Å². The van der Waals surface area contributed by atoms with E-state index in [9.17, 15) is 0 Å². The molecule has 0 aromatic heterocycles. The lowest BCUT2D eigenvalue weighted by Gasteiger charge is -2.15. The second-order valence-electron chi connectivity index (χ2n) is 5.77. The first kappa shape index (κ1) is 15.8. The van der Waals surface area contributed by atoms with Crippen molar-refractivity contribution in [3.63, 3.8) is 0 Å². The number of hydrogen-bond acceptors (Lipinski definition) is 4. The van der Waals surface area contributed by atoms with Gasteiger partial charge in [-0.1, -0.05) is 24.3 Å². The Balaban J connectivity index is 2.29. The van der Waals surface area contributed by atoms with Crippen LogP contribution in [0, 0.1) is 29.6 Å². The van der Waals surface area contributed by atoms with Gasteiger partial charge in [-0.25, -0.2) is 0 Å². The molecule has 0 amide bonds. The molecule has 0 radical (unpaired) electrons. The van der Waals surface area contributed by atoms with E-state index in [0.29, 0.717) is 6.54 Å². The quantitative estimate of drug-likeness (QED) is 0.804. The zero-order valence-corrected chi connectivity index (χ0v) is 13.3. The van der Waals surface area contributed by atoms with E-state index in [1.54, 1.807) is 0 Å². The summed E-state index contributed by atoms with van der Waals surface area (Å²) in [5.74, 6) is 0. The summed E-state index contributed by atoms with van der Waals surface area (Å²) in [6.45, 7) is 4.33. The van der Waals surface area contributed by atoms with Crippen LogP contribution in [0.1, 0.15) is 11.1 Å². The number of hydrogen-bond donors (Lipinski definition) is 0. The first-order valence-corrected chi connectivity index (χ1v) is 7.23. The molecule has 22 heavy (non-hydrogen) atoms. The molecule has 0 unspecified atom stereocenters. The highest BCUT2D eigenvalue weighted by atomic mass is 15.1. The third-order valence-electron chi connectivity index (χ3n) is 3.76. The van der Waals surface area contributed by atoms with Crippen LogP contribution in [0.5, 0.6) is 0 Å². The minimum Gasteiger partial charge on any atom is -0.383 e. The molecule has 4 heteroatoms. The van der Waals surface area contributed by atoms with Crippen molar-refractivity contribution in [1.29, 1.82) is 10.5 Å². The van der Waals surface area contributed by atoms with Gasteiger partial charge in [-0.15, -0.1) is 0 Å². The molecule has 1 aliphatic rings. The van der Waals surface area contributed by atoms with E-state index in [-0.39, 0.29) is 5.57 Å². The predicted molar refractivity (Wildman–Crippen MR) is 86.5 cm³/mol. The Kier molecular flexibility index (Phi) is 4.99. The van der Waals surface area contributed by atoms with Crippen LogP contribution < -0.4 is 0 Å². The van der Waals surface area contributed by atoms with Gasteiger partial charge in [-0.2, -0.15) is 10.5 Å². The van der Waals surface area contributed by atoms with Crippen LogP contribution in [-0.2, 0) is 6.54 Å². The normalized spacial score (nSPS) is 16.4. The lowest BCUT2D eigenvalue weighted by atomic mass is 10.1. The highest BCUT2D eigenvalue weighted by molar-refractivity contribution is 5.52. The fraction of sp³-hybridized carbons (Fsp3) is 0.333. The Morgan fingerprint density at radius 2 is 1.91 bits per heavy atom. The van der Waals surface area contributed by atoms with Gasteiger partial charge in [-0.3, -0.25) is 4.90 Å². The number of aryl methyl sites for hydroxylation is 1. The van der Waals surface area contributed by atoms with E-state index in [4.69, 9.17) is 10.5 Å². The number of nitriles is 2. The Morgan fingerprint density at radius 3 is 2.50 bits per heavy atom. The highest BCUT2D eigenvalue weighted by Gasteiger charge is 2.25. The van der Waals surface area contributed by atoms with E-state index >= 15 is 0 Å². The van der Waals surface area contributed by atoms with Gasteiger partial charge in [0.25, 0.3) is 0 Å². The number of nitrogens with zero attached hydrogens (tertiary/aromatic N) is 4. The van der Waals surface area contributed by atoms with Crippen molar-refractivity contribution in [2.24, 2.45) is 0 Å². The molecule has 1 saturated heterocycles. The number of benzene rings is 1. The van der Waals surface area contributed by atoms with Gasteiger partial charge in [0.2, 0.25) is 0 Å². The summed E-state index contributed by atoms with van der Waals surface area (Å²) in [5.41, 5.74) is 4.67. The zero-order valence-electron chi connectivity index (χ0n) is 13.3. The molecule has 1 heterocycles. The van der Waals surface area contributed by atoms with E-state index in [1.165, 1.54) is 11.1 Å². The second-order valence-corrected chi connectivity index (χ2v) is 5.77. The van der Waals surface area contributed by atoms with Crippen molar-refractivity contribution in [2.45, 2.75) is 13.5 Å². The van der Waals surface area contributed by atoms with Gasteiger partial charge >= 0.3 is 0 Å². The minimum absolute atomic E-state index is 0.223. The van der Waals surface area contributed by atoms with Crippen molar-refractivity contribution in [1.82, 2.24) is 9.80 Å². The first-order valence-electron chi connectivity index (χ1n) is 7.23. The Labute approximate surface area is 132 Å². The van der Waals surface area contributed by atoms with Crippen molar-refractivity contribution >= 4 is 0 Å². The van der Waals surface area contributed by atoms with Gasteiger partial charge < -0.3 is 4.90 Å². The molecule has 1 aromatic rings. The molecule has 0 saturated carbocycles. The molecular weight excluding hydrogens is 272 g/mol. The van der Waals surface area contributed by atoms with Crippen molar-refractivity contribution in [3.8, 4) is 12.1 Å². The van der Waals surface area contributed by atoms with Crippen molar-refractivity contribution in [3.05, 3.63) is 58.3 Å². The largest absolute Gasteiger partial charge is 0.383 e. The topological polar surface area (TPSA) is 54.1 Å². The lowest BCUT2D eigenvalue weighted by Crippen LogP contribution is -2.19. The predicted octanol–water partition coefficient (Wildman–Crippen LogP) is 2.60. The molecule has 0 bridgehead atoms. The maximum Gasteiger partial charge on any atom is 0.134 e. The summed E-state index contributed by atoms with van der Waals surface area (Å²) >= 11 is 0. The smallest absolute Gasteiger partial charge is 0.134 e. The Morgan fingerprint density at radius 1 is 1.23 bits per heavy atom. The maximum absolute atomic E-state index is 9.17. The summed E-state index contributed by atoms with van der Waals surface area (Å²) in [6.07, 6.45) is 2.00. The molecule has 2 rings (SSSR count). The summed E-state index contributed by atoms with van der Waals surface area (Å²) < 4.78 is 0. The lowest BCUT2D eigenvalue weighted by molar-refractivity contribution is 0.345. The summed E-state index contributed by atoms with van der Waals surface area (Å²) in [4.78, 5) is 4.22. The molecule has 1 aliphatic heterocycles. The van der Waals surface area contributed by atoms with Crippen LogP contribution in [0.3, 0.4) is 0 Å². The van der Waals surface area contributed by atoms with Gasteiger partial charge in [0.1, 0.15) is 17.7 Å².